The molecule has 3 heterocycles. The predicted octanol–water partition coefficient (Wildman–Crippen LogP) is 3.30. The lowest BCUT2D eigenvalue weighted by Crippen LogP contribution is -2.31. The van der Waals surface area contributed by atoms with Crippen molar-refractivity contribution in [3.05, 3.63) is 61.8 Å². The zero-order valence-electron chi connectivity index (χ0n) is 13.6. The average molecular weight is 343 g/mol. The van der Waals surface area contributed by atoms with E-state index in [4.69, 9.17) is 0 Å². The highest BCUT2D eigenvalue weighted by Gasteiger charge is 2.19. The molecule has 2 aromatic heterocycles. The second kappa shape index (κ2) is 5.79. The Balaban J connectivity index is 1.61. The van der Waals surface area contributed by atoms with Gasteiger partial charge in [0.1, 0.15) is 16.5 Å². The van der Waals surface area contributed by atoms with E-state index in [9.17, 15) is 9.18 Å². The van der Waals surface area contributed by atoms with Gasteiger partial charge in [0, 0.05) is 18.0 Å². The fourth-order valence-electron chi connectivity index (χ4n) is 3.30. The highest BCUT2D eigenvalue weighted by molar-refractivity contribution is 7.18. The first kappa shape index (κ1) is 15.5. The van der Waals surface area contributed by atoms with Gasteiger partial charge >= 0.3 is 0 Å². The summed E-state index contributed by atoms with van der Waals surface area (Å²) in [6.07, 6.45) is 0.816. The van der Waals surface area contributed by atoms with Crippen LogP contribution in [0, 0.1) is 19.7 Å². The summed E-state index contributed by atoms with van der Waals surface area (Å²) in [7, 11) is 0. The van der Waals surface area contributed by atoms with E-state index >= 15 is 0 Å². The number of H-pyrrole nitrogens is 1. The Morgan fingerprint density at radius 3 is 3.00 bits per heavy atom. The van der Waals surface area contributed by atoms with Crippen molar-refractivity contribution in [1.82, 2.24) is 14.9 Å². The molecule has 1 aromatic carbocycles. The van der Waals surface area contributed by atoms with Crippen LogP contribution in [0.1, 0.15) is 27.4 Å². The molecule has 1 aliphatic heterocycles. The highest BCUT2D eigenvalue weighted by Crippen LogP contribution is 2.26. The summed E-state index contributed by atoms with van der Waals surface area (Å²) in [4.78, 5) is 24.1. The summed E-state index contributed by atoms with van der Waals surface area (Å²) in [6.45, 7) is 6.16. The first-order valence-corrected chi connectivity index (χ1v) is 8.81. The molecule has 0 fully saturated rings. The van der Waals surface area contributed by atoms with Crippen LogP contribution in [0.3, 0.4) is 0 Å². The zero-order valence-corrected chi connectivity index (χ0v) is 14.5. The quantitative estimate of drug-likeness (QED) is 0.777. The van der Waals surface area contributed by atoms with Gasteiger partial charge in [-0.2, -0.15) is 0 Å². The summed E-state index contributed by atoms with van der Waals surface area (Å²) in [5.74, 6) is 0.515. The Morgan fingerprint density at radius 2 is 2.17 bits per heavy atom. The topological polar surface area (TPSA) is 49.0 Å². The normalized spacial score (nSPS) is 15.0. The van der Waals surface area contributed by atoms with E-state index in [1.54, 1.807) is 17.4 Å². The molecule has 4 nitrogen and oxygen atoms in total. The fraction of sp³-hybridized carbons (Fsp3) is 0.333. The van der Waals surface area contributed by atoms with Crippen LogP contribution in [0.2, 0.25) is 0 Å². The van der Waals surface area contributed by atoms with E-state index < -0.39 is 0 Å². The number of nitrogens with one attached hydrogen (secondary N) is 1. The third-order valence-corrected chi connectivity index (χ3v) is 5.82. The summed E-state index contributed by atoms with van der Waals surface area (Å²) < 4.78 is 13.3. The van der Waals surface area contributed by atoms with E-state index in [-0.39, 0.29) is 11.4 Å². The van der Waals surface area contributed by atoms with Crippen LogP contribution in [0.4, 0.5) is 4.39 Å². The molecule has 1 N–H and O–H groups in total. The molecule has 3 aromatic rings. The molecule has 0 atom stereocenters. The molecule has 0 aliphatic carbocycles. The van der Waals surface area contributed by atoms with Crippen LogP contribution in [0.5, 0.6) is 0 Å². The van der Waals surface area contributed by atoms with Gasteiger partial charge in [0.05, 0.1) is 11.9 Å². The molecule has 1 aliphatic rings. The molecule has 0 unspecified atom stereocenters. The van der Waals surface area contributed by atoms with Gasteiger partial charge in [0.2, 0.25) is 0 Å². The molecule has 0 saturated heterocycles. The SMILES string of the molecule is Cc1sc2nc(CN3CCc4cc(F)ccc4C3)[nH]c(=O)c2c1C. The van der Waals surface area contributed by atoms with Crippen LogP contribution in [-0.4, -0.2) is 21.4 Å². The van der Waals surface area contributed by atoms with Crippen LogP contribution in [-0.2, 0) is 19.5 Å². The monoisotopic (exact) mass is 343 g/mol. The van der Waals surface area contributed by atoms with Crippen LogP contribution >= 0.6 is 11.3 Å². The molecule has 124 valence electrons. The van der Waals surface area contributed by atoms with Crippen molar-refractivity contribution in [2.75, 3.05) is 6.54 Å². The Hall–Kier alpha value is -2.05. The van der Waals surface area contributed by atoms with Crippen molar-refractivity contribution in [2.45, 2.75) is 33.4 Å². The summed E-state index contributed by atoms with van der Waals surface area (Å²) in [6, 6.07) is 4.98. The number of halogens is 1. The summed E-state index contributed by atoms with van der Waals surface area (Å²) >= 11 is 1.57. The van der Waals surface area contributed by atoms with Gasteiger partial charge < -0.3 is 4.98 Å². The molecular formula is C18H18FN3OS. The number of nitrogens with zero attached hydrogens (tertiary/aromatic N) is 2. The number of benzene rings is 1. The molecular weight excluding hydrogens is 325 g/mol. The maximum atomic E-state index is 13.3. The van der Waals surface area contributed by atoms with Gasteiger partial charge in [-0.3, -0.25) is 9.69 Å². The fourth-order valence-corrected chi connectivity index (χ4v) is 4.35. The van der Waals surface area contributed by atoms with Gasteiger partial charge in [-0.1, -0.05) is 6.07 Å². The first-order valence-electron chi connectivity index (χ1n) is 8.00. The molecule has 0 saturated carbocycles. The Bertz CT molecular complexity index is 992. The number of thiophene rings is 1. The molecule has 4 rings (SSSR count). The third-order valence-electron chi connectivity index (χ3n) is 4.72. The van der Waals surface area contributed by atoms with Gasteiger partial charge in [0.25, 0.3) is 5.56 Å². The lowest BCUT2D eigenvalue weighted by Gasteiger charge is -2.28. The predicted molar refractivity (Wildman–Crippen MR) is 93.9 cm³/mol. The van der Waals surface area contributed by atoms with E-state index in [1.165, 1.54) is 6.07 Å². The lowest BCUT2D eigenvalue weighted by atomic mass is 10.00. The molecule has 24 heavy (non-hydrogen) atoms. The van der Waals surface area contributed by atoms with Crippen LogP contribution < -0.4 is 5.56 Å². The third kappa shape index (κ3) is 2.65. The average Bonchev–Trinajstić information content (AvgIpc) is 2.82. The number of rotatable bonds is 2. The minimum Gasteiger partial charge on any atom is -0.309 e. The summed E-state index contributed by atoms with van der Waals surface area (Å²) in [5, 5.41) is 0.709. The number of aromatic nitrogens is 2. The van der Waals surface area contributed by atoms with Crippen molar-refractivity contribution in [3.8, 4) is 0 Å². The van der Waals surface area contributed by atoms with E-state index in [1.807, 2.05) is 19.9 Å². The lowest BCUT2D eigenvalue weighted by molar-refractivity contribution is 0.239. The van der Waals surface area contributed by atoms with E-state index in [0.29, 0.717) is 17.8 Å². The second-order valence-electron chi connectivity index (χ2n) is 6.35. The minimum atomic E-state index is -0.179. The number of aryl methyl sites for hydroxylation is 2. The molecule has 0 bridgehead atoms. The van der Waals surface area contributed by atoms with Crippen molar-refractivity contribution >= 4 is 21.6 Å². The zero-order chi connectivity index (χ0) is 16.8. The summed E-state index contributed by atoms with van der Waals surface area (Å²) in [5.41, 5.74) is 3.18. The molecule has 0 spiro atoms. The Morgan fingerprint density at radius 1 is 1.33 bits per heavy atom. The first-order chi connectivity index (χ1) is 11.5. The number of hydrogen-bond donors (Lipinski definition) is 1. The maximum Gasteiger partial charge on any atom is 0.259 e. The number of fused-ring (bicyclic) bond motifs is 2. The van der Waals surface area contributed by atoms with Crippen molar-refractivity contribution in [3.63, 3.8) is 0 Å². The largest absolute Gasteiger partial charge is 0.309 e. The Kier molecular flexibility index (Phi) is 3.73. The van der Waals surface area contributed by atoms with Crippen molar-refractivity contribution in [1.29, 1.82) is 0 Å². The minimum absolute atomic E-state index is 0.0590. The molecule has 6 heteroatoms. The van der Waals surface area contributed by atoms with Gasteiger partial charge in [-0.25, -0.2) is 9.37 Å². The van der Waals surface area contributed by atoms with Crippen molar-refractivity contribution < 1.29 is 4.39 Å². The molecule has 0 amide bonds. The van der Waals surface area contributed by atoms with Crippen molar-refractivity contribution in [2.24, 2.45) is 0 Å². The van der Waals surface area contributed by atoms with E-state index in [2.05, 4.69) is 14.9 Å². The standard InChI is InChI=1S/C18H18FN3OS/c1-10-11(2)24-18-16(10)17(23)20-15(21-18)9-22-6-5-12-7-14(19)4-3-13(12)8-22/h3-4,7H,5-6,8-9H2,1-2H3,(H,20,21,23). The van der Waals surface area contributed by atoms with Gasteiger partial charge in [0.15, 0.2) is 0 Å². The maximum absolute atomic E-state index is 13.3. The number of aromatic amines is 1. The Labute approximate surface area is 143 Å². The van der Waals surface area contributed by atoms with E-state index in [0.717, 1.165) is 45.9 Å². The van der Waals surface area contributed by atoms with Crippen LogP contribution in [0.25, 0.3) is 10.2 Å². The highest BCUT2D eigenvalue weighted by atomic mass is 32.1. The number of hydrogen-bond acceptors (Lipinski definition) is 4. The van der Waals surface area contributed by atoms with Crippen LogP contribution in [0.15, 0.2) is 23.0 Å². The second-order valence-corrected chi connectivity index (χ2v) is 7.55. The van der Waals surface area contributed by atoms with Gasteiger partial charge in [-0.05, 0) is 49.1 Å². The smallest absolute Gasteiger partial charge is 0.259 e. The van der Waals surface area contributed by atoms with Gasteiger partial charge in [-0.15, -0.1) is 11.3 Å². The molecule has 0 radical (unpaired) electrons.